The Kier molecular flexibility index (Phi) is 4.82. The van der Waals surface area contributed by atoms with Crippen molar-refractivity contribution in [2.24, 2.45) is 4.99 Å². The number of benzene rings is 1. The number of ether oxygens (including phenoxy) is 1. The average molecular weight is 387 g/mol. The molecule has 0 radical (unpaired) electrons. The van der Waals surface area contributed by atoms with E-state index in [0.717, 1.165) is 40.6 Å². The van der Waals surface area contributed by atoms with E-state index in [2.05, 4.69) is 22.5 Å². The molecular formula is C24H25N3O2. The largest absolute Gasteiger partial charge is 0.497 e. The molecule has 1 aliphatic heterocycles. The number of anilines is 1. The molecule has 5 nitrogen and oxygen atoms in total. The van der Waals surface area contributed by atoms with Gasteiger partial charge in [-0.05, 0) is 44.4 Å². The fourth-order valence-electron chi connectivity index (χ4n) is 3.91. The summed E-state index contributed by atoms with van der Waals surface area (Å²) < 4.78 is 5.28. The second kappa shape index (κ2) is 7.32. The number of aromatic nitrogens is 1. The van der Waals surface area contributed by atoms with Crippen molar-refractivity contribution in [3.63, 3.8) is 0 Å². The highest BCUT2D eigenvalue weighted by Gasteiger charge is 2.52. The first kappa shape index (κ1) is 19.1. The average Bonchev–Trinajstić information content (AvgIpc) is 3.44. The van der Waals surface area contributed by atoms with Crippen molar-refractivity contribution in [2.75, 3.05) is 18.6 Å². The number of allylic oxidation sites excluding steroid dienone is 2. The lowest BCUT2D eigenvalue weighted by Crippen LogP contribution is -2.29. The van der Waals surface area contributed by atoms with Crippen LogP contribution in [0.2, 0.25) is 0 Å². The molecule has 0 bridgehead atoms. The summed E-state index contributed by atoms with van der Waals surface area (Å²) in [6, 6.07) is 9.74. The van der Waals surface area contributed by atoms with E-state index in [9.17, 15) is 4.79 Å². The molecule has 0 N–H and O–H groups in total. The molecule has 0 amide bonds. The van der Waals surface area contributed by atoms with E-state index in [0.29, 0.717) is 0 Å². The molecular weight excluding hydrogens is 362 g/mol. The summed E-state index contributed by atoms with van der Waals surface area (Å²) in [5.41, 5.74) is 4.98. The van der Waals surface area contributed by atoms with Crippen molar-refractivity contribution in [3.05, 3.63) is 72.2 Å². The summed E-state index contributed by atoms with van der Waals surface area (Å²) in [6.07, 6.45) is 7.61. The second-order valence-corrected chi connectivity index (χ2v) is 7.70. The molecule has 2 aliphatic rings. The number of methoxy groups -OCH3 is 1. The monoisotopic (exact) mass is 387 g/mol. The number of hydrogen-bond donors (Lipinski definition) is 0. The van der Waals surface area contributed by atoms with E-state index in [1.54, 1.807) is 32.5 Å². The van der Waals surface area contributed by atoms with Gasteiger partial charge in [-0.1, -0.05) is 24.8 Å². The lowest BCUT2D eigenvalue weighted by Gasteiger charge is -2.19. The van der Waals surface area contributed by atoms with Crippen LogP contribution in [0.3, 0.4) is 0 Å². The molecule has 1 spiro atoms. The van der Waals surface area contributed by atoms with Crippen molar-refractivity contribution in [1.29, 1.82) is 0 Å². The Hall–Kier alpha value is -3.21. The van der Waals surface area contributed by atoms with Gasteiger partial charge in [0.25, 0.3) is 0 Å². The minimum Gasteiger partial charge on any atom is -0.497 e. The minimum atomic E-state index is 0.0806. The summed E-state index contributed by atoms with van der Waals surface area (Å²) in [5.74, 6) is 1.71. The number of amidine groups is 1. The topological polar surface area (TPSA) is 54.8 Å². The molecule has 2 heterocycles. The number of hydrogen-bond acceptors (Lipinski definition) is 4. The Morgan fingerprint density at radius 3 is 2.72 bits per heavy atom. The Labute approximate surface area is 171 Å². The Morgan fingerprint density at radius 1 is 1.28 bits per heavy atom. The number of pyridine rings is 1. The molecule has 0 saturated heterocycles. The van der Waals surface area contributed by atoms with E-state index < -0.39 is 0 Å². The lowest BCUT2D eigenvalue weighted by atomic mass is 9.97. The van der Waals surface area contributed by atoms with E-state index in [1.807, 2.05) is 31.2 Å². The number of aliphatic imine (C=N–C) groups is 1. The number of ketones is 1. The lowest BCUT2D eigenvalue weighted by molar-refractivity contribution is 0.101. The Bertz CT molecular complexity index is 1050. The number of rotatable bonds is 5. The first-order valence-electron chi connectivity index (χ1n) is 9.78. The third kappa shape index (κ3) is 3.48. The van der Waals surface area contributed by atoms with Gasteiger partial charge in [0.15, 0.2) is 5.78 Å². The minimum absolute atomic E-state index is 0.0806. The van der Waals surface area contributed by atoms with Crippen LogP contribution >= 0.6 is 0 Å². The molecule has 4 rings (SSSR count). The first-order chi connectivity index (χ1) is 14.0. The Balaban J connectivity index is 1.67. The predicted octanol–water partition coefficient (Wildman–Crippen LogP) is 4.79. The third-order valence-electron chi connectivity index (χ3n) is 5.84. The van der Waals surface area contributed by atoms with Gasteiger partial charge in [0.05, 0.1) is 12.8 Å². The SMILES string of the molecule is C=C/C(=C\N=C(/C)N1CC2(CC2)c2ccc(C(C)=O)cc21)c1cc(OC)ccn1. The van der Waals surface area contributed by atoms with Gasteiger partial charge < -0.3 is 9.64 Å². The highest BCUT2D eigenvalue weighted by molar-refractivity contribution is 6.02. The van der Waals surface area contributed by atoms with Gasteiger partial charge in [0, 0.05) is 47.2 Å². The molecule has 29 heavy (non-hydrogen) atoms. The summed E-state index contributed by atoms with van der Waals surface area (Å²) in [7, 11) is 1.63. The predicted molar refractivity (Wildman–Crippen MR) is 117 cm³/mol. The molecule has 5 heteroatoms. The van der Waals surface area contributed by atoms with E-state index in [4.69, 9.17) is 9.73 Å². The maximum absolute atomic E-state index is 11.9. The van der Waals surface area contributed by atoms with Crippen LogP contribution in [0.15, 0.2) is 60.4 Å². The fraction of sp³-hybridized carbons (Fsp3) is 0.292. The van der Waals surface area contributed by atoms with Crippen LogP contribution in [-0.2, 0) is 5.41 Å². The Morgan fingerprint density at radius 2 is 2.07 bits per heavy atom. The van der Waals surface area contributed by atoms with E-state index in [-0.39, 0.29) is 11.2 Å². The van der Waals surface area contributed by atoms with Gasteiger partial charge in [-0.25, -0.2) is 4.99 Å². The van der Waals surface area contributed by atoms with Gasteiger partial charge >= 0.3 is 0 Å². The molecule has 2 aromatic rings. The highest BCUT2D eigenvalue weighted by Crippen LogP contribution is 2.56. The summed E-state index contributed by atoms with van der Waals surface area (Å²) in [4.78, 5) is 23.2. The second-order valence-electron chi connectivity index (χ2n) is 7.70. The van der Waals surface area contributed by atoms with Crippen molar-refractivity contribution < 1.29 is 9.53 Å². The van der Waals surface area contributed by atoms with Crippen LogP contribution in [0, 0.1) is 0 Å². The number of nitrogens with zero attached hydrogens (tertiary/aromatic N) is 3. The zero-order valence-corrected chi connectivity index (χ0v) is 17.1. The van der Waals surface area contributed by atoms with Crippen molar-refractivity contribution in [2.45, 2.75) is 32.1 Å². The van der Waals surface area contributed by atoms with Crippen molar-refractivity contribution in [1.82, 2.24) is 4.98 Å². The molecule has 0 unspecified atom stereocenters. The van der Waals surface area contributed by atoms with Gasteiger partial charge in [-0.2, -0.15) is 0 Å². The number of fused-ring (bicyclic) bond motifs is 2. The van der Waals surface area contributed by atoms with Crippen LogP contribution in [0.4, 0.5) is 5.69 Å². The summed E-state index contributed by atoms with van der Waals surface area (Å²) in [6.45, 7) is 8.42. The zero-order chi connectivity index (χ0) is 20.6. The quantitative estimate of drug-likeness (QED) is 0.320. The number of Topliss-reactive ketones (excluding diaryl/α,β-unsaturated/α-hetero) is 1. The van der Waals surface area contributed by atoms with Crippen LogP contribution in [0.25, 0.3) is 5.57 Å². The highest BCUT2D eigenvalue weighted by atomic mass is 16.5. The van der Waals surface area contributed by atoms with Crippen LogP contribution in [-0.4, -0.2) is 30.3 Å². The summed E-state index contributed by atoms with van der Waals surface area (Å²) in [5, 5.41) is 0. The molecule has 1 fully saturated rings. The molecule has 0 atom stereocenters. The molecule has 148 valence electrons. The zero-order valence-electron chi connectivity index (χ0n) is 17.1. The molecule has 1 aromatic heterocycles. The van der Waals surface area contributed by atoms with Gasteiger partial charge in [0.2, 0.25) is 0 Å². The van der Waals surface area contributed by atoms with Gasteiger partial charge in [-0.15, -0.1) is 0 Å². The maximum atomic E-state index is 11.9. The van der Waals surface area contributed by atoms with Crippen LogP contribution in [0.5, 0.6) is 5.75 Å². The third-order valence-corrected chi connectivity index (χ3v) is 5.84. The van der Waals surface area contributed by atoms with Crippen molar-refractivity contribution >= 4 is 22.9 Å². The maximum Gasteiger partial charge on any atom is 0.159 e. The van der Waals surface area contributed by atoms with E-state index >= 15 is 0 Å². The molecule has 1 saturated carbocycles. The van der Waals surface area contributed by atoms with Gasteiger partial charge in [0.1, 0.15) is 11.6 Å². The first-order valence-corrected chi connectivity index (χ1v) is 9.78. The van der Waals surface area contributed by atoms with E-state index in [1.165, 1.54) is 18.4 Å². The van der Waals surface area contributed by atoms with Crippen LogP contribution < -0.4 is 9.64 Å². The molecule has 1 aromatic carbocycles. The fourth-order valence-corrected chi connectivity index (χ4v) is 3.91. The van der Waals surface area contributed by atoms with Gasteiger partial charge in [-0.3, -0.25) is 9.78 Å². The molecule has 1 aliphatic carbocycles. The smallest absolute Gasteiger partial charge is 0.159 e. The number of carbonyl (C=O) groups excluding carboxylic acids is 1. The standard InChI is InChI=1S/C24H25N3O2/c1-5-18(22-13-20(29-4)8-11-25-22)14-26-17(3)27-15-24(9-10-24)21-7-6-19(16(2)28)12-23(21)27/h5-8,11-14H,1,9-10,15H2,2-4H3/b18-14+,26-17+. The summed E-state index contributed by atoms with van der Waals surface area (Å²) >= 11 is 0. The number of carbonyl (C=O) groups is 1. The van der Waals surface area contributed by atoms with Crippen LogP contribution in [0.1, 0.15) is 48.3 Å². The normalized spacial score (nSPS) is 17.3. The van der Waals surface area contributed by atoms with Crippen molar-refractivity contribution in [3.8, 4) is 5.75 Å².